The van der Waals surface area contributed by atoms with Gasteiger partial charge < -0.3 is 10.1 Å². The van der Waals surface area contributed by atoms with Gasteiger partial charge in [0.15, 0.2) is 0 Å². The fourth-order valence-electron chi connectivity index (χ4n) is 2.76. The van der Waals surface area contributed by atoms with Crippen molar-refractivity contribution in [3.05, 3.63) is 35.1 Å². The van der Waals surface area contributed by atoms with E-state index in [0.717, 1.165) is 24.9 Å². The van der Waals surface area contributed by atoms with E-state index < -0.39 is 0 Å². The SMILES string of the molecule is Fc1ccc2c(c1)CCO[C@H]2[C@@H]1CCCN1. The van der Waals surface area contributed by atoms with Crippen LogP contribution in [-0.2, 0) is 11.2 Å². The molecule has 0 saturated carbocycles. The molecule has 1 saturated heterocycles. The van der Waals surface area contributed by atoms with E-state index in [1.54, 1.807) is 6.07 Å². The number of halogens is 1. The Bertz CT molecular complexity index is 388. The van der Waals surface area contributed by atoms with Crippen LogP contribution in [0.25, 0.3) is 0 Å². The highest BCUT2D eigenvalue weighted by Gasteiger charge is 2.30. The van der Waals surface area contributed by atoms with Crippen LogP contribution in [0.1, 0.15) is 30.1 Å². The largest absolute Gasteiger partial charge is 0.372 e. The predicted octanol–water partition coefficient (Wildman–Crippen LogP) is 2.19. The summed E-state index contributed by atoms with van der Waals surface area (Å²) in [4.78, 5) is 0. The van der Waals surface area contributed by atoms with Crippen molar-refractivity contribution in [2.45, 2.75) is 31.4 Å². The monoisotopic (exact) mass is 221 g/mol. The summed E-state index contributed by atoms with van der Waals surface area (Å²) in [7, 11) is 0. The summed E-state index contributed by atoms with van der Waals surface area (Å²) in [6.45, 7) is 1.78. The van der Waals surface area contributed by atoms with Gasteiger partial charge in [-0.2, -0.15) is 0 Å². The summed E-state index contributed by atoms with van der Waals surface area (Å²) in [6, 6.07) is 5.48. The number of rotatable bonds is 1. The third kappa shape index (κ3) is 1.74. The second-order valence-corrected chi connectivity index (χ2v) is 4.59. The second-order valence-electron chi connectivity index (χ2n) is 4.59. The number of nitrogens with one attached hydrogen (secondary N) is 1. The molecule has 86 valence electrons. The minimum atomic E-state index is -0.140. The van der Waals surface area contributed by atoms with E-state index in [9.17, 15) is 4.39 Å². The maximum Gasteiger partial charge on any atom is 0.123 e. The molecule has 2 aliphatic heterocycles. The zero-order chi connectivity index (χ0) is 11.0. The molecule has 2 atom stereocenters. The molecule has 2 heterocycles. The van der Waals surface area contributed by atoms with Crippen molar-refractivity contribution in [3.8, 4) is 0 Å². The van der Waals surface area contributed by atoms with Gasteiger partial charge in [0.25, 0.3) is 0 Å². The summed E-state index contributed by atoms with van der Waals surface area (Å²) in [5.41, 5.74) is 2.29. The molecule has 1 aromatic carbocycles. The summed E-state index contributed by atoms with van der Waals surface area (Å²) in [6.07, 6.45) is 3.31. The minimum Gasteiger partial charge on any atom is -0.372 e. The number of hydrogen-bond donors (Lipinski definition) is 1. The van der Waals surface area contributed by atoms with Crippen LogP contribution in [0.4, 0.5) is 4.39 Å². The van der Waals surface area contributed by atoms with Gasteiger partial charge in [0.1, 0.15) is 5.82 Å². The van der Waals surface area contributed by atoms with E-state index >= 15 is 0 Å². The third-order valence-electron chi connectivity index (χ3n) is 3.54. The van der Waals surface area contributed by atoms with Crippen LogP contribution < -0.4 is 5.32 Å². The maximum absolute atomic E-state index is 13.1. The highest BCUT2D eigenvalue weighted by atomic mass is 19.1. The predicted molar refractivity (Wildman–Crippen MR) is 59.8 cm³/mol. The lowest BCUT2D eigenvalue weighted by Crippen LogP contribution is -2.33. The van der Waals surface area contributed by atoms with Gasteiger partial charge in [0.2, 0.25) is 0 Å². The first kappa shape index (κ1) is 10.2. The summed E-state index contributed by atoms with van der Waals surface area (Å²) >= 11 is 0. The van der Waals surface area contributed by atoms with Gasteiger partial charge in [0.05, 0.1) is 12.7 Å². The van der Waals surface area contributed by atoms with E-state index in [4.69, 9.17) is 4.74 Å². The van der Waals surface area contributed by atoms with Crippen molar-refractivity contribution in [3.63, 3.8) is 0 Å². The quantitative estimate of drug-likeness (QED) is 0.785. The maximum atomic E-state index is 13.1. The van der Waals surface area contributed by atoms with Crippen molar-refractivity contribution in [1.82, 2.24) is 5.32 Å². The topological polar surface area (TPSA) is 21.3 Å². The Morgan fingerprint density at radius 1 is 1.38 bits per heavy atom. The molecule has 2 aliphatic rings. The van der Waals surface area contributed by atoms with Crippen molar-refractivity contribution in [1.29, 1.82) is 0 Å². The molecule has 3 heteroatoms. The standard InChI is InChI=1S/C13H16FNO/c14-10-3-4-11-9(8-10)5-7-16-13(11)12-2-1-6-15-12/h3-4,8,12-13,15H,1-2,5-7H2/t12-,13+/m0/s1. The highest BCUT2D eigenvalue weighted by Crippen LogP contribution is 2.33. The molecule has 3 rings (SSSR count). The Hall–Kier alpha value is -0.930. The van der Waals surface area contributed by atoms with Crippen LogP contribution in [0.5, 0.6) is 0 Å². The Morgan fingerprint density at radius 2 is 2.31 bits per heavy atom. The van der Waals surface area contributed by atoms with E-state index in [2.05, 4.69) is 5.32 Å². The van der Waals surface area contributed by atoms with Crippen molar-refractivity contribution in [2.75, 3.05) is 13.2 Å². The van der Waals surface area contributed by atoms with Gasteiger partial charge in [-0.3, -0.25) is 0 Å². The molecule has 0 amide bonds. The average Bonchev–Trinajstić information content (AvgIpc) is 2.81. The Labute approximate surface area is 94.8 Å². The third-order valence-corrected chi connectivity index (χ3v) is 3.54. The molecular weight excluding hydrogens is 205 g/mol. The molecule has 0 radical (unpaired) electrons. The van der Waals surface area contributed by atoms with Gasteiger partial charge >= 0.3 is 0 Å². The van der Waals surface area contributed by atoms with E-state index in [-0.39, 0.29) is 11.9 Å². The molecule has 2 nitrogen and oxygen atoms in total. The molecule has 0 spiro atoms. The molecule has 0 aliphatic carbocycles. The Kier molecular flexibility index (Phi) is 2.65. The lowest BCUT2D eigenvalue weighted by Gasteiger charge is -2.30. The van der Waals surface area contributed by atoms with E-state index in [1.807, 2.05) is 6.07 Å². The number of hydrogen-bond acceptors (Lipinski definition) is 2. The van der Waals surface area contributed by atoms with Crippen molar-refractivity contribution >= 4 is 0 Å². The Balaban J connectivity index is 1.93. The van der Waals surface area contributed by atoms with Gasteiger partial charge in [-0.25, -0.2) is 4.39 Å². The molecule has 1 aromatic rings. The normalized spacial score (nSPS) is 29.1. The fourth-order valence-corrected chi connectivity index (χ4v) is 2.76. The van der Waals surface area contributed by atoms with Crippen LogP contribution in [-0.4, -0.2) is 19.2 Å². The van der Waals surface area contributed by atoms with E-state index in [0.29, 0.717) is 12.6 Å². The number of ether oxygens (including phenoxy) is 1. The second kappa shape index (κ2) is 4.15. The van der Waals surface area contributed by atoms with Crippen molar-refractivity contribution < 1.29 is 9.13 Å². The van der Waals surface area contributed by atoms with Crippen LogP contribution in [0.15, 0.2) is 18.2 Å². The number of benzene rings is 1. The average molecular weight is 221 g/mol. The Morgan fingerprint density at radius 3 is 3.12 bits per heavy atom. The van der Waals surface area contributed by atoms with Gasteiger partial charge in [-0.1, -0.05) is 6.07 Å². The van der Waals surface area contributed by atoms with Crippen molar-refractivity contribution in [2.24, 2.45) is 0 Å². The van der Waals surface area contributed by atoms with Crippen LogP contribution >= 0.6 is 0 Å². The molecule has 1 N–H and O–H groups in total. The molecule has 0 unspecified atom stereocenters. The zero-order valence-corrected chi connectivity index (χ0v) is 9.21. The van der Waals surface area contributed by atoms with Crippen LogP contribution in [0.3, 0.4) is 0 Å². The molecule has 0 aromatic heterocycles. The first-order valence-corrected chi connectivity index (χ1v) is 5.98. The minimum absolute atomic E-state index is 0.117. The van der Waals surface area contributed by atoms with Crippen LogP contribution in [0, 0.1) is 5.82 Å². The number of fused-ring (bicyclic) bond motifs is 1. The summed E-state index contributed by atoms with van der Waals surface area (Å²) < 4.78 is 19.0. The van der Waals surface area contributed by atoms with Gasteiger partial charge in [-0.05, 0) is 49.1 Å². The summed E-state index contributed by atoms with van der Waals surface area (Å²) in [5.74, 6) is -0.140. The first-order chi connectivity index (χ1) is 7.84. The van der Waals surface area contributed by atoms with E-state index in [1.165, 1.54) is 18.1 Å². The lowest BCUT2D eigenvalue weighted by atomic mass is 9.92. The fraction of sp³-hybridized carbons (Fsp3) is 0.538. The zero-order valence-electron chi connectivity index (χ0n) is 9.21. The lowest BCUT2D eigenvalue weighted by molar-refractivity contribution is 0.0198. The van der Waals surface area contributed by atoms with Crippen LogP contribution in [0.2, 0.25) is 0 Å². The van der Waals surface area contributed by atoms with Gasteiger partial charge in [-0.15, -0.1) is 0 Å². The highest BCUT2D eigenvalue weighted by molar-refractivity contribution is 5.32. The van der Waals surface area contributed by atoms with Gasteiger partial charge in [0, 0.05) is 6.04 Å². The summed E-state index contributed by atoms with van der Waals surface area (Å²) in [5, 5.41) is 3.46. The molecule has 1 fully saturated rings. The molecule has 16 heavy (non-hydrogen) atoms. The molecular formula is C13H16FNO. The smallest absolute Gasteiger partial charge is 0.123 e. The molecule has 0 bridgehead atoms. The first-order valence-electron chi connectivity index (χ1n) is 5.98.